The Kier molecular flexibility index (Phi) is 41.9. The maximum absolute atomic E-state index is 12.6. The molecule has 0 saturated carbocycles. The van der Waals surface area contributed by atoms with Gasteiger partial charge in [0, 0.05) is 12.8 Å². The van der Waals surface area contributed by atoms with Crippen molar-refractivity contribution < 1.29 is 37.6 Å². The molecule has 2 unspecified atom stereocenters. The van der Waals surface area contributed by atoms with Crippen molar-refractivity contribution >= 4 is 19.8 Å². The van der Waals surface area contributed by atoms with Gasteiger partial charge in [-0.1, -0.05) is 226 Å². The van der Waals surface area contributed by atoms with E-state index in [1.165, 1.54) is 186 Å². The fourth-order valence-corrected chi connectivity index (χ4v) is 7.92. The van der Waals surface area contributed by atoms with Crippen molar-refractivity contribution in [3.8, 4) is 0 Å². The summed E-state index contributed by atoms with van der Waals surface area (Å²) in [6, 6.07) is 0. The molecule has 0 amide bonds. The van der Waals surface area contributed by atoms with Gasteiger partial charge in [0.05, 0.1) is 13.2 Å². The number of hydrogen-bond acceptors (Lipinski definition) is 7. The summed E-state index contributed by atoms with van der Waals surface area (Å²) in [6.07, 6.45) is 44.5. The van der Waals surface area contributed by atoms with Crippen LogP contribution < -0.4 is 0 Å². The van der Waals surface area contributed by atoms with Crippen LogP contribution in [0.4, 0.5) is 0 Å². The standard InChI is InChI=1S/C46H91O8P/c1-4-7-9-11-13-15-17-19-20-21-22-23-24-25-26-27-29-31-33-35-37-39-41-46(48)54-44(43-53-55(49,50)52-6-3)42-51-45(47)40-38-36-34-32-30-28-18-16-14-12-10-8-5-2/h44H,4-43H2,1-3H3,(H,49,50). The van der Waals surface area contributed by atoms with Gasteiger partial charge in [-0.3, -0.25) is 18.6 Å². The summed E-state index contributed by atoms with van der Waals surface area (Å²) in [5.74, 6) is -0.779. The Morgan fingerprint density at radius 3 is 1.02 bits per heavy atom. The maximum Gasteiger partial charge on any atom is 0.472 e. The molecule has 0 radical (unpaired) electrons. The van der Waals surface area contributed by atoms with Crippen LogP contribution in [0.15, 0.2) is 0 Å². The van der Waals surface area contributed by atoms with Crippen LogP contribution in [0.5, 0.6) is 0 Å². The minimum absolute atomic E-state index is 0.00580. The second-order valence-electron chi connectivity index (χ2n) is 16.1. The second-order valence-corrected chi connectivity index (χ2v) is 17.6. The van der Waals surface area contributed by atoms with Gasteiger partial charge in [-0.2, -0.15) is 0 Å². The van der Waals surface area contributed by atoms with Gasteiger partial charge in [0.2, 0.25) is 0 Å². The van der Waals surface area contributed by atoms with Crippen LogP contribution in [0.2, 0.25) is 0 Å². The first kappa shape index (κ1) is 54.0. The Morgan fingerprint density at radius 2 is 0.709 bits per heavy atom. The molecule has 328 valence electrons. The molecule has 8 nitrogen and oxygen atoms in total. The van der Waals surface area contributed by atoms with Crippen LogP contribution in [-0.4, -0.2) is 42.8 Å². The second kappa shape index (κ2) is 42.7. The number of ether oxygens (including phenoxy) is 2. The quantitative estimate of drug-likeness (QED) is 0.0368. The van der Waals surface area contributed by atoms with E-state index >= 15 is 0 Å². The number of carbonyl (C=O) groups excluding carboxylic acids is 2. The molecular formula is C46H91O8P. The normalized spacial score (nSPS) is 13.2. The number of phosphoric acid groups is 1. The number of unbranched alkanes of at least 4 members (excludes halogenated alkanes) is 33. The average Bonchev–Trinajstić information content (AvgIpc) is 3.16. The number of carbonyl (C=O) groups is 2. The first-order valence-electron chi connectivity index (χ1n) is 23.8. The average molecular weight is 803 g/mol. The fourth-order valence-electron chi connectivity index (χ4n) is 7.16. The van der Waals surface area contributed by atoms with Crippen molar-refractivity contribution in [2.75, 3.05) is 19.8 Å². The molecular weight excluding hydrogens is 711 g/mol. The molecule has 0 aliphatic heterocycles. The van der Waals surface area contributed by atoms with Gasteiger partial charge in [0.25, 0.3) is 0 Å². The van der Waals surface area contributed by atoms with Crippen LogP contribution in [0.1, 0.15) is 258 Å². The zero-order chi connectivity index (χ0) is 40.3. The van der Waals surface area contributed by atoms with Gasteiger partial charge in [0.15, 0.2) is 6.10 Å². The molecule has 0 aromatic rings. The lowest BCUT2D eigenvalue weighted by Crippen LogP contribution is -2.29. The van der Waals surface area contributed by atoms with E-state index in [0.717, 1.165) is 38.5 Å². The van der Waals surface area contributed by atoms with E-state index in [1.54, 1.807) is 6.92 Å². The number of rotatable bonds is 45. The molecule has 0 aromatic carbocycles. The van der Waals surface area contributed by atoms with Crippen molar-refractivity contribution in [1.82, 2.24) is 0 Å². The first-order chi connectivity index (χ1) is 26.8. The summed E-state index contributed by atoms with van der Waals surface area (Å²) in [5.41, 5.74) is 0. The number of esters is 2. The summed E-state index contributed by atoms with van der Waals surface area (Å²) in [6.45, 7) is 5.53. The largest absolute Gasteiger partial charge is 0.472 e. The first-order valence-corrected chi connectivity index (χ1v) is 25.3. The van der Waals surface area contributed by atoms with Crippen LogP contribution in [0.25, 0.3) is 0 Å². The zero-order valence-electron chi connectivity index (χ0n) is 36.6. The summed E-state index contributed by atoms with van der Waals surface area (Å²) >= 11 is 0. The summed E-state index contributed by atoms with van der Waals surface area (Å²) in [7, 11) is -4.27. The maximum atomic E-state index is 12.6. The van der Waals surface area contributed by atoms with Gasteiger partial charge in [-0.25, -0.2) is 4.57 Å². The van der Waals surface area contributed by atoms with Crippen molar-refractivity contribution in [2.45, 2.75) is 264 Å². The Bertz CT molecular complexity index is 869. The zero-order valence-corrected chi connectivity index (χ0v) is 37.5. The predicted molar refractivity (Wildman–Crippen MR) is 230 cm³/mol. The lowest BCUT2D eigenvalue weighted by molar-refractivity contribution is -0.161. The molecule has 0 aliphatic carbocycles. The monoisotopic (exact) mass is 803 g/mol. The molecule has 0 bridgehead atoms. The van der Waals surface area contributed by atoms with Crippen molar-refractivity contribution in [3.63, 3.8) is 0 Å². The number of hydrogen-bond donors (Lipinski definition) is 1. The lowest BCUT2D eigenvalue weighted by atomic mass is 10.0. The summed E-state index contributed by atoms with van der Waals surface area (Å²) < 4.78 is 32.7. The molecule has 55 heavy (non-hydrogen) atoms. The number of phosphoric ester groups is 1. The SMILES string of the molecule is CCCCCCCCCCCCCCCCCCCCCCCCC(=O)OC(COC(=O)CCCCCCCCCCCCCCC)COP(=O)(O)OCC. The predicted octanol–water partition coefficient (Wildman–Crippen LogP) is 15.1. The van der Waals surface area contributed by atoms with Crippen molar-refractivity contribution in [2.24, 2.45) is 0 Å². The van der Waals surface area contributed by atoms with Crippen LogP contribution >= 0.6 is 7.82 Å². The van der Waals surface area contributed by atoms with E-state index in [1.807, 2.05) is 0 Å². The van der Waals surface area contributed by atoms with Gasteiger partial charge in [-0.15, -0.1) is 0 Å². The molecule has 0 heterocycles. The van der Waals surface area contributed by atoms with Crippen molar-refractivity contribution in [3.05, 3.63) is 0 Å². The molecule has 0 spiro atoms. The van der Waals surface area contributed by atoms with E-state index in [2.05, 4.69) is 13.8 Å². The van der Waals surface area contributed by atoms with Gasteiger partial charge in [0.1, 0.15) is 6.61 Å². The van der Waals surface area contributed by atoms with E-state index in [0.29, 0.717) is 6.42 Å². The Hall–Kier alpha value is -0.950. The Labute approximate surface area is 340 Å². The fraction of sp³-hybridized carbons (Fsp3) is 0.957. The third-order valence-electron chi connectivity index (χ3n) is 10.7. The van der Waals surface area contributed by atoms with Crippen LogP contribution in [-0.2, 0) is 32.7 Å². The highest BCUT2D eigenvalue weighted by Crippen LogP contribution is 2.43. The topological polar surface area (TPSA) is 108 Å². The lowest BCUT2D eigenvalue weighted by Gasteiger charge is -2.19. The van der Waals surface area contributed by atoms with Crippen LogP contribution in [0.3, 0.4) is 0 Å². The van der Waals surface area contributed by atoms with E-state index < -0.39 is 19.9 Å². The van der Waals surface area contributed by atoms with Gasteiger partial charge in [-0.05, 0) is 19.8 Å². The minimum Gasteiger partial charge on any atom is -0.462 e. The highest BCUT2D eigenvalue weighted by molar-refractivity contribution is 7.47. The van der Waals surface area contributed by atoms with E-state index in [4.69, 9.17) is 18.5 Å². The molecule has 0 rings (SSSR count). The molecule has 2 atom stereocenters. The molecule has 9 heteroatoms. The van der Waals surface area contributed by atoms with E-state index in [-0.39, 0.29) is 32.2 Å². The molecule has 0 aliphatic rings. The molecule has 1 N–H and O–H groups in total. The highest BCUT2D eigenvalue weighted by atomic mass is 31.2. The van der Waals surface area contributed by atoms with Crippen molar-refractivity contribution in [1.29, 1.82) is 0 Å². The van der Waals surface area contributed by atoms with Gasteiger partial charge >= 0.3 is 19.8 Å². The van der Waals surface area contributed by atoms with E-state index in [9.17, 15) is 19.0 Å². The summed E-state index contributed by atoms with van der Waals surface area (Å²) in [4.78, 5) is 34.8. The highest BCUT2D eigenvalue weighted by Gasteiger charge is 2.25. The molecule has 0 saturated heterocycles. The minimum atomic E-state index is -4.27. The Balaban J connectivity index is 3.93. The van der Waals surface area contributed by atoms with Gasteiger partial charge < -0.3 is 14.4 Å². The molecule has 0 aromatic heterocycles. The smallest absolute Gasteiger partial charge is 0.462 e. The van der Waals surface area contributed by atoms with Crippen LogP contribution in [0, 0.1) is 0 Å². The summed E-state index contributed by atoms with van der Waals surface area (Å²) in [5, 5.41) is 0. The Morgan fingerprint density at radius 1 is 0.418 bits per heavy atom. The third kappa shape index (κ3) is 42.5. The third-order valence-corrected chi connectivity index (χ3v) is 11.7. The molecule has 0 fully saturated rings.